The summed E-state index contributed by atoms with van der Waals surface area (Å²) >= 11 is 0. The SMILES string of the molecule is COc1ccc2c(c1)O[C@@H]1[C@H]3c4ccccc4[C@H]([C@@H]23)N1S(=O)(=O)c1ccc(C)cc1. The average molecular weight is 420 g/mol. The summed E-state index contributed by atoms with van der Waals surface area (Å²) < 4.78 is 40.9. The van der Waals surface area contributed by atoms with Crippen LogP contribution in [0.2, 0.25) is 0 Å². The Morgan fingerprint density at radius 2 is 1.63 bits per heavy atom. The maximum absolute atomic E-state index is 13.8. The van der Waals surface area contributed by atoms with Gasteiger partial charge in [0.1, 0.15) is 11.5 Å². The molecule has 0 amide bonds. The lowest BCUT2D eigenvalue weighted by Crippen LogP contribution is -2.44. The van der Waals surface area contributed by atoms with Crippen LogP contribution in [0.25, 0.3) is 0 Å². The second kappa shape index (κ2) is 6.09. The number of hydrogen-bond acceptors (Lipinski definition) is 4. The fraction of sp³-hybridized carbons (Fsp3) is 0.250. The van der Waals surface area contributed by atoms with E-state index in [1.807, 2.05) is 49.4 Å². The molecule has 1 saturated heterocycles. The summed E-state index contributed by atoms with van der Waals surface area (Å²) in [6, 6.07) is 20.7. The predicted octanol–water partition coefficient (Wildman–Crippen LogP) is 4.35. The number of methoxy groups -OCH3 is 1. The molecular formula is C24H21NO4S. The quantitative estimate of drug-likeness (QED) is 0.633. The van der Waals surface area contributed by atoms with E-state index in [1.165, 1.54) is 5.56 Å². The molecule has 0 aromatic heterocycles. The van der Waals surface area contributed by atoms with Crippen LogP contribution in [0.15, 0.2) is 71.6 Å². The van der Waals surface area contributed by atoms with Crippen LogP contribution in [0.5, 0.6) is 11.5 Å². The number of nitrogens with zero attached hydrogens (tertiary/aromatic N) is 1. The van der Waals surface area contributed by atoms with Crippen LogP contribution in [-0.4, -0.2) is 26.1 Å². The standard InChI is InChI=1S/C24H21NO4S/c1-14-7-10-16(11-8-14)30(26,27)25-23-18-6-4-3-5-17(18)22-21(23)19-12-9-15(28-2)13-20(19)29-24(22)25/h3-13,21-24H,1-2H3/t21-,22-,23+,24+/m0/s1. The molecule has 5 nitrogen and oxygen atoms in total. The molecule has 6 heteroatoms. The van der Waals surface area contributed by atoms with E-state index in [0.29, 0.717) is 16.4 Å². The highest BCUT2D eigenvalue weighted by Gasteiger charge is 2.64. The van der Waals surface area contributed by atoms with E-state index >= 15 is 0 Å². The molecule has 4 bridgehead atoms. The lowest BCUT2D eigenvalue weighted by Gasteiger charge is -2.36. The summed E-state index contributed by atoms with van der Waals surface area (Å²) in [7, 11) is -2.12. The molecule has 4 atom stereocenters. The second-order valence-electron chi connectivity index (χ2n) is 8.19. The third-order valence-corrected chi connectivity index (χ3v) is 8.51. The monoisotopic (exact) mass is 419 g/mol. The Labute approximate surface area is 175 Å². The topological polar surface area (TPSA) is 55.8 Å². The molecule has 3 aromatic rings. The van der Waals surface area contributed by atoms with Crippen molar-refractivity contribution < 1.29 is 17.9 Å². The van der Waals surface area contributed by atoms with E-state index in [4.69, 9.17) is 9.47 Å². The van der Waals surface area contributed by atoms with Crippen molar-refractivity contribution in [1.29, 1.82) is 0 Å². The molecule has 0 unspecified atom stereocenters. The van der Waals surface area contributed by atoms with Gasteiger partial charge in [-0.25, -0.2) is 8.42 Å². The minimum absolute atomic E-state index is 0.0210. The molecule has 1 fully saturated rings. The van der Waals surface area contributed by atoms with Crippen molar-refractivity contribution in [1.82, 2.24) is 4.31 Å². The third kappa shape index (κ3) is 2.23. The van der Waals surface area contributed by atoms with Gasteiger partial charge in [-0.2, -0.15) is 4.31 Å². The first-order valence-corrected chi connectivity index (χ1v) is 11.5. The van der Waals surface area contributed by atoms with Crippen molar-refractivity contribution in [2.75, 3.05) is 7.11 Å². The molecule has 0 saturated carbocycles. The largest absolute Gasteiger partial charge is 0.497 e. The highest BCUT2D eigenvalue weighted by molar-refractivity contribution is 7.89. The minimum atomic E-state index is -3.74. The number of rotatable bonds is 3. The van der Waals surface area contributed by atoms with E-state index in [-0.39, 0.29) is 17.9 Å². The fourth-order valence-corrected chi connectivity index (χ4v) is 7.08. The first-order valence-electron chi connectivity index (χ1n) is 10.0. The molecule has 3 aliphatic rings. The molecule has 0 N–H and O–H groups in total. The van der Waals surface area contributed by atoms with E-state index in [1.54, 1.807) is 23.5 Å². The summed E-state index contributed by atoms with van der Waals surface area (Å²) in [6.07, 6.45) is -0.569. The Kier molecular flexibility index (Phi) is 3.65. The molecule has 0 spiro atoms. The maximum atomic E-state index is 13.8. The van der Waals surface area contributed by atoms with Crippen molar-refractivity contribution in [2.45, 2.75) is 35.9 Å². The summed E-state index contributed by atoms with van der Waals surface area (Å²) in [5.41, 5.74) is 4.33. The fourth-order valence-electron chi connectivity index (χ4n) is 5.37. The molecule has 152 valence electrons. The van der Waals surface area contributed by atoms with Crippen molar-refractivity contribution in [2.24, 2.45) is 0 Å². The van der Waals surface area contributed by atoms with E-state index < -0.39 is 16.3 Å². The normalized spacial score (nSPS) is 26.1. The second-order valence-corrected chi connectivity index (χ2v) is 10.0. The van der Waals surface area contributed by atoms with Crippen molar-refractivity contribution in [3.05, 3.63) is 89.0 Å². The molecule has 0 radical (unpaired) electrons. The van der Waals surface area contributed by atoms with Crippen molar-refractivity contribution in [3.63, 3.8) is 0 Å². The van der Waals surface area contributed by atoms with Gasteiger partial charge in [0.2, 0.25) is 10.0 Å². The van der Waals surface area contributed by atoms with Crippen LogP contribution in [0.3, 0.4) is 0 Å². The van der Waals surface area contributed by atoms with Crippen LogP contribution < -0.4 is 9.47 Å². The van der Waals surface area contributed by atoms with Gasteiger partial charge in [-0.1, -0.05) is 48.0 Å². The van der Waals surface area contributed by atoms with Crippen LogP contribution in [0.4, 0.5) is 0 Å². The van der Waals surface area contributed by atoms with Gasteiger partial charge in [-0.3, -0.25) is 0 Å². The highest BCUT2D eigenvalue weighted by atomic mass is 32.2. The molecule has 3 aromatic carbocycles. The van der Waals surface area contributed by atoms with Gasteiger partial charge in [0, 0.05) is 23.5 Å². The maximum Gasteiger partial charge on any atom is 0.246 e. The lowest BCUT2D eigenvalue weighted by molar-refractivity contribution is 0.0799. The van der Waals surface area contributed by atoms with Crippen LogP contribution >= 0.6 is 0 Å². The Hall–Kier alpha value is -2.83. The first kappa shape index (κ1) is 18.0. The molecule has 1 aliphatic carbocycles. The van der Waals surface area contributed by atoms with Crippen LogP contribution in [0, 0.1) is 6.92 Å². The van der Waals surface area contributed by atoms with E-state index in [2.05, 4.69) is 12.1 Å². The Bertz CT molecular complexity index is 1270. The zero-order chi connectivity index (χ0) is 20.6. The van der Waals surface area contributed by atoms with Gasteiger partial charge in [0.15, 0.2) is 6.23 Å². The minimum Gasteiger partial charge on any atom is -0.497 e. The highest BCUT2D eigenvalue weighted by Crippen LogP contribution is 2.67. The Morgan fingerprint density at radius 1 is 0.900 bits per heavy atom. The smallest absolute Gasteiger partial charge is 0.246 e. The van der Waals surface area contributed by atoms with Gasteiger partial charge in [0.05, 0.1) is 18.0 Å². The summed E-state index contributed by atoms with van der Waals surface area (Å²) in [5, 5.41) is 0. The van der Waals surface area contributed by atoms with Gasteiger partial charge in [-0.05, 0) is 36.2 Å². The van der Waals surface area contributed by atoms with Gasteiger partial charge in [0.25, 0.3) is 0 Å². The zero-order valence-corrected chi connectivity index (χ0v) is 17.5. The van der Waals surface area contributed by atoms with E-state index in [9.17, 15) is 8.42 Å². The number of aryl methyl sites for hydroxylation is 1. The molecule has 2 heterocycles. The first-order chi connectivity index (χ1) is 14.5. The number of fused-ring (bicyclic) bond motifs is 3. The summed E-state index contributed by atoms with van der Waals surface area (Å²) in [5.74, 6) is 1.42. The van der Waals surface area contributed by atoms with E-state index in [0.717, 1.165) is 16.7 Å². The Balaban J connectivity index is 1.55. The molecular weight excluding hydrogens is 398 g/mol. The molecule has 30 heavy (non-hydrogen) atoms. The average Bonchev–Trinajstić information content (AvgIpc) is 3.21. The zero-order valence-electron chi connectivity index (χ0n) is 16.6. The third-order valence-electron chi connectivity index (χ3n) is 6.66. The summed E-state index contributed by atoms with van der Waals surface area (Å²) in [6.45, 7) is 1.95. The van der Waals surface area contributed by atoms with Gasteiger partial charge >= 0.3 is 0 Å². The van der Waals surface area contributed by atoms with Crippen molar-refractivity contribution >= 4 is 10.0 Å². The number of ether oxygens (including phenoxy) is 2. The number of benzene rings is 3. The lowest BCUT2D eigenvalue weighted by atomic mass is 9.85. The van der Waals surface area contributed by atoms with Crippen LogP contribution in [0.1, 0.15) is 40.1 Å². The number of sulfonamides is 1. The molecule has 6 rings (SSSR count). The molecule has 2 aliphatic heterocycles. The van der Waals surface area contributed by atoms with Gasteiger partial charge < -0.3 is 9.47 Å². The van der Waals surface area contributed by atoms with Crippen molar-refractivity contribution in [3.8, 4) is 11.5 Å². The predicted molar refractivity (Wildman–Crippen MR) is 112 cm³/mol. The van der Waals surface area contributed by atoms with Gasteiger partial charge in [-0.15, -0.1) is 0 Å². The van der Waals surface area contributed by atoms with Crippen LogP contribution in [-0.2, 0) is 10.0 Å². The Morgan fingerprint density at radius 3 is 2.37 bits per heavy atom. The summed E-state index contributed by atoms with van der Waals surface area (Å²) in [4.78, 5) is 0.300. The number of hydrogen-bond donors (Lipinski definition) is 0.